The molecular formula is C14H9Cl2N3O2. The summed E-state index contributed by atoms with van der Waals surface area (Å²) in [5, 5.41) is 4.63. The molecule has 3 aromatic rings. The van der Waals surface area contributed by atoms with E-state index in [1.54, 1.807) is 0 Å². The molecule has 0 spiro atoms. The zero-order chi connectivity index (χ0) is 15.0. The van der Waals surface area contributed by atoms with Crippen molar-refractivity contribution < 1.29 is 9.53 Å². The molecule has 7 heteroatoms. The van der Waals surface area contributed by atoms with Crippen LogP contribution < -0.4 is 0 Å². The Hall–Kier alpha value is -2.11. The smallest absolute Gasteiger partial charge is 0.358 e. The van der Waals surface area contributed by atoms with Crippen LogP contribution in [0.2, 0.25) is 10.3 Å². The Morgan fingerprint density at radius 2 is 1.95 bits per heavy atom. The first-order valence-corrected chi connectivity index (χ1v) is 6.76. The minimum atomic E-state index is -0.561. The van der Waals surface area contributed by atoms with Gasteiger partial charge in [-0.05, 0) is 5.56 Å². The Labute approximate surface area is 130 Å². The van der Waals surface area contributed by atoms with E-state index >= 15 is 0 Å². The van der Waals surface area contributed by atoms with Gasteiger partial charge in [0.25, 0.3) is 0 Å². The van der Waals surface area contributed by atoms with Crippen LogP contribution in [0.4, 0.5) is 0 Å². The van der Waals surface area contributed by atoms with Crippen LogP contribution in [0, 0.1) is 0 Å². The molecule has 21 heavy (non-hydrogen) atoms. The summed E-state index contributed by atoms with van der Waals surface area (Å²) in [5.41, 5.74) is 1.88. The lowest BCUT2D eigenvalue weighted by molar-refractivity contribution is 0.0593. The standard InChI is InChI=1S/C14H9Cl2N3O2/c1-21-14(20)9-7-10-17-12(15)11(13(16)19(10)18-9)8-5-3-2-4-6-8/h2-7H,1H3. The Morgan fingerprint density at radius 3 is 2.62 bits per heavy atom. The van der Waals surface area contributed by atoms with Gasteiger partial charge in [0.05, 0.1) is 12.7 Å². The fourth-order valence-electron chi connectivity index (χ4n) is 1.99. The second-order valence-electron chi connectivity index (χ2n) is 4.23. The van der Waals surface area contributed by atoms with E-state index < -0.39 is 5.97 Å². The van der Waals surface area contributed by atoms with Crippen molar-refractivity contribution >= 4 is 34.8 Å². The predicted octanol–water partition coefficient (Wildman–Crippen LogP) is 3.49. The number of fused-ring (bicyclic) bond motifs is 1. The third-order valence-corrected chi connectivity index (χ3v) is 3.58. The summed E-state index contributed by atoms with van der Waals surface area (Å²) in [6.07, 6.45) is 0. The minimum Gasteiger partial charge on any atom is -0.464 e. The number of hydrogen-bond acceptors (Lipinski definition) is 4. The van der Waals surface area contributed by atoms with Gasteiger partial charge in [-0.1, -0.05) is 53.5 Å². The van der Waals surface area contributed by atoms with Gasteiger partial charge >= 0.3 is 5.97 Å². The zero-order valence-corrected chi connectivity index (χ0v) is 12.4. The number of carbonyl (C=O) groups excluding carboxylic acids is 1. The lowest BCUT2D eigenvalue weighted by atomic mass is 10.1. The molecule has 2 aromatic heterocycles. The van der Waals surface area contributed by atoms with E-state index in [0.717, 1.165) is 5.56 Å². The maximum Gasteiger partial charge on any atom is 0.358 e. The SMILES string of the molecule is COC(=O)c1cc2nc(Cl)c(-c3ccccc3)c(Cl)n2n1. The van der Waals surface area contributed by atoms with Crippen LogP contribution in [0.3, 0.4) is 0 Å². The minimum absolute atomic E-state index is 0.119. The number of methoxy groups -OCH3 is 1. The highest BCUT2D eigenvalue weighted by Crippen LogP contribution is 2.33. The quantitative estimate of drug-likeness (QED) is 0.535. The summed E-state index contributed by atoms with van der Waals surface area (Å²) in [7, 11) is 1.28. The molecule has 0 fully saturated rings. The van der Waals surface area contributed by atoms with Gasteiger partial charge in [0.2, 0.25) is 0 Å². The Kier molecular flexibility index (Phi) is 3.53. The molecule has 0 saturated carbocycles. The number of carbonyl (C=O) groups is 1. The van der Waals surface area contributed by atoms with Gasteiger partial charge in [0, 0.05) is 6.07 Å². The summed E-state index contributed by atoms with van der Waals surface area (Å²) in [6.45, 7) is 0. The van der Waals surface area contributed by atoms with Crippen LogP contribution in [-0.4, -0.2) is 27.7 Å². The third-order valence-electron chi connectivity index (χ3n) is 2.96. The number of esters is 1. The number of aromatic nitrogens is 3. The van der Waals surface area contributed by atoms with E-state index in [-0.39, 0.29) is 16.0 Å². The normalized spacial score (nSPS) is 10.8. The lowest BCUT2D eigenvalue weighted by Crippen LogP contribution is -2.03. The number of rotatable bonds is 2. The molecule has 106 valence electrons. The molecule has 0 aliphatic rings. The first-order valence-electron chi connectivity index (χ1n) is 6.00. The summed E-state index contributed by atoms with van der Waals surface area (Å²) in [5.74, 6) is -0.561. The number of hydrogen-bond donors (Lipinski definition) is 0. The predicted molar refractivity (Wildman–Crippen MR) is 79.8 cm³/mol. The highest BCUT2D eigenvalue weighted by atomic mass is 35.5. The molecule has 0 N–H and O–H groups in total. The molecule has 0 aliphatic carbocycles. The molecule has 0 bridgehead atoms. The van der Waals surface area contributed by atoms with Gasteiger partial charge in [0.1, 0.15) is 10.3 Å². The molecular weight excluding hydrogens is 313 g/mol. The lowest BCUT2D eigenvalue weighted by Gasteiger charge is -2.07. The van der Waals surface area contributed by atoms with Gasteiger partial charge in [-0.2, -0.15) is 5.10 Å². The van der Waals surface area contributed by atoms with Crippen LogP contribution in [0.5, 0.6) is 0 Å². The fraction of sp³-hybridized carbons (Fsp3) is 0.0714. The Morgan fingerprint density at radius 1 is 1.24 bits per heavy atom. The van der Waals surface area contributed by atoms with Crippen molar-refractivity contribution in [1.29, 1.82) is 0 Å². The Balaban J connectivity index is 2.26. The molecule has 0 aliphatic heterocycles. The van der Waals surface area contributed by atoms with Gasteiger partial charge in [-0.25, -0.2) is 14.3 Å². The summed E-state index contributed by atoms with van der Waals surface area (Å²) in [6, 6.07) is 10.8. The van der Waals surface area contributed by atoms with E-state index in [4.69, 9.17) is 23.2 Å². The van der Waals surface area contributed by atoms with Crippen LogP contribution in [0.15, 0.2) is 36.4 Å². The average Bonchev–Trinajstić information content (AvgIpc) is 2.91. The average molecular weight is 322 g/mol. The summed E-state index contributed by atoms with van der Waals surface area (Å²) in [4.78, 5) is 15.8. The number of ether oxygens (including phenoxy) is 1. The second kappa shape index (κ2) is 5.35. The molecule has 0 atom stereocenters. The molecule has 5 nitrogen and oxygen atoms in total. The molecule has 1 aromatic carbocycles. The highest BCUT2D eigenvalue weighted by molar-refractivity contribution is 6.38. The maximum absolute atomic E-state index is 11.5. The molecule has 3 rings (SSSR count). The van der Waals surface area contributed by atoms with Gasteiger partial charge in [-0.15, -0.1) is 0 Å². The van der Waals surface area contributed by atoms with Crippen LogP contribution >= 0.6 is 23.2 Å². The van der Waals surface area contributed by atoms with Crippen molar-refractivity contribution in [1.82, 2.24) is 14.6 Å². The Bertz CT molecular complexity index is 831. The van der Waals surface area contributed by atoms with Crippen molar-refractivity contribution in [3.05, 3.63) is 52.4 Å². The maximum atomic E-state index is 11.5. The van der Waals surface area contributed by atoms with Crippen LogP contribution in [-0.2, 0) is 4.74 Å². The van der Waals surface area contributed by atoms with E-state index in [2.05, 4.69) is 14.8 Å². The highest BCUT2D eigenvalue weighted by Gasteiger charge is 2.18. The largest absolute Gasteiger partial charge is 0.464 e. The fourth-order valence-corrected chi connectivity index (χ4v) is 2.65. The molecule has 2 heterocycles. The van der Waals surface area contributed by atoms with E-state index in [1.807, 2.05) is 30.3 Å². The van der Waals surface area contributed by atoms with Crippen molar-refractivity contribution in [3.63, 3.8) is 0 Å². The summed E-state index contributed by atoms with van der Waals surface area (Å²) < 4.78 is 6.00. The van der Waals surface area contributed by atoms with Crippen molar-refractivity contribution in [2.24, 2.45) is 0 Å². The van der Waals surface area contributed by atoms with E-state index in [9.17, 15) is 4.79 Å². The monoisotopic (exact) mass is 321 g/mol. The first kappa shape index (κ1) is 13.9. The van der Waals surface area contributed by atoms with Crippen molar-refractivity contribution in [3.8, 4) is 11.1 Å². The topological polar surface area (TPSA) is 56.5 Å². The van der Waals surface area contributed by atoms with Crippen molar-refractivity contribution in [2.75, 3.05) is 7.11 Å². The molecule has 0 unspecified atom stereocenters. The summed E-state index contributed by atoms with van der Waals surface area (Å²) >= 11 is 12.6. The molecule has 0 amide bonds. The van der Waals surface area contributed by atoms with Crippen LogP contribution in [0.25, 0.3) is 16.8 Å². The van der Waals surface area contributed by atoms with Gasteiger partial charge in [0.15, 0.2) is 11.3 Å². The number of halogens is 2. The molecule has 0 saturated heterocycles. The van der Waals surface area contributed by atoms with E-state index in [1.165, 1.54) is 17.7 Å². The van der Waals surface area contributed by atoms with E-state index in [0.29, 0.717) is 11.2 Å². The van der Waals surface area contributed by atoms with Crippen LogP contribution in [0.1, 0.15) is 10.5 Å². The van der Waals surface area contributed by atoms with Gasteiger partial charge in [-0.3, -0.25) is 0 Å². The third kappa shape index (κ3) is 2.34. The van der Waals surface area contributed by atoms with Gasteiger partial charge < -0.3 is 4.74 Å². The first-order chi connectivity index (χ1) is 10.1. The molecule has 0 radical (unpaired) electrons. The van der Waals surface area contributed by atoms with Crippen molar-refractivity contribution in [2.45, 2.75) is 0 Å². The second-order valence-corrected chi connectivity index (χ2v) is 4.94. The zero-order valence-electron chi connectivity index (χ0n) is 10.9. The number of benzene rings is 1. The number of nitrogens with zero attached hydrogens (tertiary/aromatic N) is 3.